The summed E-state index contributed by atoms with van der Waals surface area (Å²) in [6.07, 6.45) is 3.62. The number of hydrogen-bond donors (Lipinski definition) is 0. The molecule has 0 N–H and O–H groups in total. The van der Waals surface area contributed by atoms with Crippen LogP contribution in [0.4, 0.5) is 0 Å². The predicted octanol–water partition coefficient (Wildman–Crippen LogP) is 11.3. The van der Waals surface area contributed by atoms with E-state index in [1.807, 2.05) is 0 Å². The molecule has 276 valence electrons. The van der Waals surface area contributed by atoms with Gasteiger partial charge in [-0.2, -0.15) is 0 Å². The molecule has 6 heteroatoms. The average molecular weight is 694 g/mol. The number of hydrogen-bond acceptors (Lipinski definition) is 4. The van der Waals surface area contributed by atoms with Crippen molar-refractivity contribution in [1.29, 1.82) is 0 Å². The predicted molar refractivity (Wildman–Crippen MR) is 215 cm³/mol. The molecule has 2 saturated heterocycles. The minimum Gasteiger partial charge on any atom is -0.463 e. The van der Waals surface area contributed by atoms with Gasteiger partial charge in [0, 0.05) is 22.7 Å². The highest BCUT2D eigenvalue weighted by Crippen LogP contribution is 2.44. The van der Waals surface area contributed by atoms with E-state index in [2.05, 4.69) is 157 Å². The van der Waals surface area contributed by atoms with Gasteiger partial charge in [-0.3, -0.25) is 0 Å². The first-order valence-electron chi connectivity index (χ1n) is 19.3. The first-order valence-corrected chi connectivity index (χ1v) is 19.3. The van der Waals surface area contributed by atoms with Crippen molar-refractivity contribution in [2.75, 3.05) is 6.61 Å². The molecule has 3 heterocycles. The standard InChI is InChI=1S/C45H64BNO4/c1-40(2,3)28-43(10,11)31-24-34(46-50-44(12,13)45(14,15)51-46)39(49-38-18-16-17-23-48-38)37(27-31)47-35-25-29(41(4,5)6)19-21-32(35)33-22-20-30(26-36(33)47)42(7,8)9/h19-22,24-27,38H,16-18,23,28H2,1-15H3. The van der Waals surface area contributed by atoms with Gasteiger partial charge in [0.1, 0.15) is 5.75 Å². The SMILES string of the molecule is CC(C)(C)CC(C)(C)c1cc(B2OC(C)(C)C(C)(C)O2)c(OC2CCCCO2)c(-n2c3cc(C(C)(C)C)ccc3c3ccc(C(C)(C)C)cc32)c1. The fourth-order valence-corrected chi connectivity index (χ4v) is 8.04. The van der Waals surface area contributed by atoms with Crippen molar-refractivity contribution in [1.82, 2.24) is 4.57 Å². The zero-order chi connectivity index (χ0) is 37.5. The van der Waals surface area contributed by atoms with Crippen LogP contribution in [0.1, 0.15) is 146 Å². The molecule has 0 saturated carbocycles. The van der Waals surface area contributed by atoms with Gasteiger partial charge >= 0.3 is 7.12 Å². The molecule has 2 aliphatic heterocycles. The maximum absolute atomic E-state index is 7.15. The molecule has 5 nitrogen and oxygen atoms in total. The minimum atomic E-state index is -0.610. The number of ether oxygens (including phenoxy) is 2. The van der Waals surface area contributed by atoms with Crippen LogP contribution in [0.25, 0.3) is 27.5 Å². The van der Waals surface area contributed by atoms with E-state index < -0.39 is 18.3 Å². The van der Waals surface area contributed by atoms with Gasteiger partial charge in [0.2, 0.25) is 0 Å². The van der Waals surface area contributed by atoms with Gasteiger partial charge in [0.15, 0.2) is 6.29 Å². The summed E-state index contributed by atoms with van der Waals surface area (Å²) in [6, 6.07) is 18.7. The Morgan fingerprint density at radius 2 is 1.24 bits per heavy atom. The van der Waals surface area contributed by atoms with Gasteiger partial charge in [-0.15, -0.1) is 0 Å². The van der Waals surface area contributed by atoms with E-state index in [9.17, 15) is 0 Å². The maximum Gasteiger partial charge on any atom is 0.498 e. The molecule has 2 aliphatic rings. The monoisotopic (exact) mass is 693 g/mol. The Morgan fingerprint density at radius 1 is 0.706 bits per heavy atom. The Hall–Kier alpha value is -2.80. The van der Waals surface area contributed by atoms with Crippen LogP contribution in [0, 0.1) is 5.41 Å². The van der Waals surface area contributed by atoms with Crippen molar-refractivity contribution >= 4 is 34.4 Å². The summed E-state index contributed by atoms with van der Waals surface area (Å²) in [7, 11) is -0.610. The number of benzene rings is 3. The topological polar surface area (TPSA) is 41.9 Å². The summed E-state index contributed by atoms with van der Waals surface area (Å²) in [5, 5.41) is 2.46. The maximum atomic E-state index is 7.15. The van der Waals surface area contributed by atoms with Crippen LogP contribution in [-0.2, 0) is 30.3 Å². The summed E-state index contributed by atoms with van der Waals surface area (Å²) in [4.78, 5) is 0. The molecular formula is C45H64BNO4. The van der Waals surface area contributed by atoms with Gasteiger partial charge in [0.25, 0.3) is 0 Å². The van der Waals surface area contributed by atoms with Crippen LogP contribution in [0.3, 0.4) is 0 Å². The molecule has 6 rings (SSSR count). The fourth-order valence-electron chi connectivity index (χ4n) is 8.04. The van der Waals surface area contributed by atoms with Crippen molar-refractivity contribution in [2.24, 2.45) is 5.41 Å². The first-order chi connectivity index (χ1) is 23.4. The van der Waals surface area contributed by atoms with E-state index in [-0.39, 0.29) is 27.9 Å². The van der Waals surface area contributed by atoms with Crippen LogP contribution in [0.5, 0.6) is 5.75 Å². The van der Waals surface area contributed by atoms with Gasteiger partial charge in [-0.1, -0.05) is 106 Å². The number of fused-ring (bicyclic) bond motifs is 3. The highest BCUT2D eigenvalue weighted by Gasteiger charge is 2.53. The van der Waals surface area contributed by atoms with Crippen LogP contribution in [-0.4, -0.2) is 35.8 Å². The van der Waals surface area contributed by atoms with Crippen molar-refractivity contribution in [3.8, 4) is 11.4 Å². The molecule has 51 heavy (non-hydrogen) atoms. The smallest absolute Gasteiger partial charge is 0.463 e. The molecule has 0 bridgehead atoms. The van der Waals surface area contributed by atoms with Crippen molar-refractivity contribution < 1.29 is 18.8 Å². The molecule has 3 aromatic carbocycles. The second-order valence-electron chi connectivity index (χ2n) is 20.3. The number of rotatable bonds is 6. The molecule has 4 aromatic rings. The molecule has 1 unspecified atom stereocenters. The van der Waals surface area contributed by atoms with Crippen LogP contribution < -0.4 is 10.2 Å². The summed E-state index contributed by atoms with van der Waals surface area (Å²) in [5.41, 5.74) is 7.00. The van der Waals surface area contributed by atoms with Crippen LogP contribution >= 0.6 is 0 Å². The Kier molecular flexibility index (Phi) is 9.42. The van der Waals surface area contributed by atoms with Gasteiger partial charge in [-0.05, 0) is 104 Å². The molecule has 2 fully saturated rings. The molecule has 0 spiro atoms. The van der Waals surface area contributed by atoms with E-state index in [0.717, 1.165) is 42.6 Å². The quantitative estimate of drug-likeness (QED) is 0.189. The highest BCUT2D eigenvalue weighted by atomic mass is 16.7. The molecule has 1 atom stereocenters. The van der Waals surface area contributed by atoms with E-state index in [0.29, 0.717) is 6.61 Å². The lowest BCUT2D eigenvalue weighted by Gasteiger charge is -2.35. The lowest BCUT2D eigenvalue weighted by atomic mass is 9.69. The van der Waals surface area contributed by atoms with Gasteiger partial charge < -0.3 is 23.3 Å². The molecule has 0 radical (unpaired) electrons. The molecule has 1 aromatic heterocycles. The third-order valence-electron chi connectivity index (χ3n) is 11.5. The highest BCUT2D eigenvalue weighted by molar-refractivity contribution is 6.63. The first kappa shape index (κ1) is 37.9. The fraction of sp³-hybridized carbons (Fsp3) is 0.600. The third-order valence-corrected chi connectivity index (χ3v) is 11.5. The number of nitrogens with zero attached hydrogens (tertiary/aromatic N) is 1. The minimum absolute atomic E-state index is 0.0221. The normalized spacial score (nSPS) is 20.1. The lowest BCUT2D eigenvalue weighted by molar-refractivity contribution is -0.105. The third kappa shape index (κ3) is 7.40. The average Bonchev–Trinajstić information content (AvgIpc) is 3.43. The molecule has 0 aliphatic carbocycles. The van der Waals surface area contributed by atoms with Gasteiger partial charge in [0.05, 0.1) is 34.5 Å². The van der Waals surface area contributed by atoms with E-state index in [1.54, 1.807) is 0 Å². The molecule has 0 amide bonds. The zero-order valence-electron chi connectivity index (χ0n) is 34.4. The Morgan fingerprint density at radius 3 is 1.69 bits per heavy atom. The van der Waals surface area contributed by atoms with Crippen molar-refractivity contribution in [3.05, 3.63) is 65.2 Å². The van der Waals surface area contributed by atoms with Gasteiger partial charge in [-0.25, -0.2) is 0 Å². The summed E-state index contributed by atoms with van der Waals surface area (Å²) < 4.78 is 29.7. The Balaban J connectivity index is 1.76. The summed E-state index contributed by atoms with van der Waals surface area (Å²) in [6.45, 7) is 34.7. The van der Waals surface area contributed by atoms with Crippen molar-refractivity contribution in [3.63, 3.8) is 0 Å². The van der Waals surface area contributed by atoms with Crippen LogP contribution in [0.2, 0.25) is 0 Å². The van der Waals surface area contributed by atoms with E-state index in [4.69, 9.17) is 18.8 Å². The lowest BCUT2D eigenvalue weighted by Crippen LogP contribution is -2.41. The van der Waals surface area contributed by atoms with E-state index in [1.165, 1.54) is 38.5 Å². The van der Waals surface area contributed by atoms with E-state index >= 15 is 0 Å². The summed E-state index contributed by atoms with van der Waals surface area (Å²) in [5.74, 6) is 0.775. The molecular weight excluding hydrogens is 629 g/mol. The zero-order valence-corrected chi connectivity index (χ0v) is 34.4. The Bertz CT molecular complexity index is 1840. The summed E-state index contributed by atoms with van der Waals surface area (Å²) >= 11 is 0. The number of aromatic nitrogens is 1. The van der Waals surface area contributed by atoms with Crippen molar-refractivity contribution in [2.45, 2.75) is 163 Å². The second kappa shape index (κ2) is 12.7. The second-order valence-corrected chi connectivity index (χ2v) is 20.3. The Labute approximate surface area is 308 Å². The van der Waals surface area contributed by atoms with Crippen LogP contribution in [0.15, 0.2) is 48.5 Å². The largest absolute Gasteiger partial charge is 0.498 e.